The molecule has 0 aliphatic carbocycles. The van der Waals surface area contributed by atoms with Crippen molar-refractivity contribution in [3.63, 3.8) is 0 Å². The Kier molecular flexibility index (Phi) is 2.68. The molecule has 58 valence electrons. The number of rotatable bonds is 2. The van der Waals surface area contributed by atoms with Crippen LogP contribution in [0.5, 0.6) is 0 Å². The van der Waals surface area contributed by atoms with E-state index in [1.807, 2.05) is 0 Å². The standard InChI is InChI=1S/C6H4Cl2N2O/c7-4-1-5(8)6(9-2-4)10-3-11/h1-3H,(H,9,10,11). The molecule has 1 heterocycles. The van der Waals surface area contributed by atoms with Crippen LogP contribution >= 0.6 is 23.2 Å². The van der Waals surface area contributed by atoms with Gasteiger partial charge in [-0.25, -0.2) is 4.98 Å². The van der Waals surface area contributed by atoms with Crippen molar-refractivity contribution < 1.29 is 4.79 Å². The van der Waals surface area contributed by atoms with Crippen molar-refractivity contribution in [2.45, 2.75) is 0 Å². The third-order valence-electron chi connectivity index (χ3n) is 1.00. The Bertz CT molecular complexity index is 277. The first-order chi connectivity index (χ1) is 5.24. The molecule has 0 aromatic carbocycles. The fourth-order valence-electron chi connectivity index (χ4n) is 0.577. The van der Waals surface area contributed by atoms with Crippen LogP contribution in [0.1, 0.15) is 0 Å². The summed E-state index contributed by atoms with van der Waals surface area (Å²) in [6, 6.07) is 1.50. The summed E-state index contributed by atoms with van der Waals surface area (Å²) in [5, 5.41) is 3.08. The number of aromatic nitrogens is 1. The molecule has 0 atom stereocenters. The Morgan fingerprint density at radius 1 is 1.55 bits per heavy atom. The molecule has 0 aliphatic heterocycles. The van der Waals surface area contributed by atoms with Crippen molar-refractivity contribution in [1.82, 2.24) is 4.98 Å². The number of carbonyl (C=O) groups excluding carboxylic acids is 1. The molecule has 3 nitrogen and oxygen atoms in total. The van der Waals surface area contributed by atoms with Gasteiger partial charge in [-0.1, -0.05) is 23.2 Å². The normalized spacial score (nSPS) is 9.27. The SMILES string of the molecule is O=CNc1ncc(Cl)cc1Cl. The number of pyridine rings is 1. The Balaban J connectivity index is 2.98. The second kappa shape index (κ2) is 3.55. The minimum atomic E-state index is 0.311. The fourth-order valence-corrected chi connectivity index (χ4v) is 1.01. The van der Waals surface area contributed by atoms with E-state index >= 15 is 0 Å². The van der Waals surface area contributed by atoms with E-state index in [0.29, 0.717) is 22.3 Å². The number of hydrogen-bond acceptors (Lipinski definition) is 2. The van der Waals surface area contributed by atoms with E-state index < -0.39 is 0 Å². The largest absolute Gasteiger partial charge is 0.312 e. The predicted molar refractivity (Wildman–Crippen MR) is 43.9 cm³/mol. The first-order valence-electron chi connectivity index (χ1n) is 2.75. The van der Waals surface area contributed by atoms with Crippen LogP contribution in [0.2, 0.25) is 10.0 Å². The third-order valence-corrected chi connectivity index (χ3v) is 1.50. The van der Waals surface area contributed by atoms with Crippen LogP contribution in [0.3, 0.4) is 0 Å². The van der Waals surface area contributed by atoms with Gasteiger partial charge in [0.15, 0.2) is 5.82 Å². The minimum Gasteiger partial charge on any atom is -0.312 e. The molecule has 11 heavy (non-hydrogen) atoms. The number of amides is 1. The van der Waals surface area contributed by atoms with E-state index in [9.17, 15) is 4.79 Å². The molecular weight excluding hydrogens is 187 g/mol. The van der Waals surface area contributed by atoms with Gasteiger partial charge in [0, 0.05) is 6.20 Å². The summed E-state index contributed by atoms with van der Waals surface area (Å²) in [6.45, 7) is 0. The third kappa shape index (κ3) is 2.06. The van der Waals surface area contributed by atoms with E-state index in [0.717, 1.165) is 0 Å². The quantitative estimate of drug-likeness (QED) is 0.725. The van der Waals surface area contributed by atoms with Crippen molar-refractivity contribution in [2.24, 2.45) is 0 Å². The van der Waals surface area contributed by atoms with Crippen molar-refractivity contribution in [2.75, 3.05) is 5.32 Å². The monoisotopic (exact) mass is 190 g/mol. The van der Waals surface area contributed by atoms with Crippen molar-refractivity contribution >= 4 is 35.4 Å². The van der Waals surface area contributed by atoms with Gasteiger partial charge in [-0.2, -0.15) is 0 Å². The number of nitrogens with zero attached hydrogens (tertiary/aromatic N) is 1. The Morgan fingerprint density at radius 2 is 2.27 bits per heavy atom. The summed E-state index contributed by atoms with van der Waals surface area (Å²) in [5.41, 5.74) is 0. The molecule has 1 N–H and O–H groups in total. The van der Waals surface area contributed by atoms with Crippen LogP contribution in [-0.4, -0.2) is 11.4 Å². The zero-order valence-corrected chi connectivity index (χ0v) is 6.86. The van der Waals surface area contributed by atoms with Gasteiger partial charge in [-0.05, 0) is 6.07 Å². The van der Waals surface area contributed by atoms with E-state index in [-0.39, 0.29) is 0 Å². The molecule has 1 aromatic heterocycles. The van der Waals surface area contributed by atoms with Crippen molar-refractivity contribution in [1.29, 1.82) is 0 Å². The molecule has 5 heteroatoms. The highest BCUT2D eigenvalue weighted by molar-refractivity contribution is 6.36. The van der Waals surface area contributed by atoms with E-state index in [1.165, 1.54) is 12.3 Å². The summed E-state index contributed by atoms with van der Waals surface area (Å²) in [4.78, 5) is 13.7. The van der Waals surface area contributed by atoms with Gasteiger partial charge in [0.25, 0.3) is 0 Å². The zero-order valence-electron chi connectivity index (χ0n) is 5.34. The molecule has 1 aromatic rings. The molecule has 0 bridgehead atoms. The average molecular weight is 191 g/mol. The Morgan fingerprint density at radius 3 is 2.82 bits per heavy atom. The predicted octanol–water partition coefficient (Wildman–Crippen LogP) is 1.96. The highest BCUT2D eigenvalue weighted by atomic mass is 35.5. The summed E-state index contributed by atoms with van der Waals surface area (Å²) in [5.74, 6) is 0.311. The van der Waals surface area contributed by atoms with Gasteiger partial charge >= 0.3 is 0 Å². The summed E-state index contributed by atoms with van der Waals surface area (Å²) < 4.78 is 0. The molecule has 0 saturated carbocycles. The zero-order chi connectivity index (χ0) is 8.27. The molecule has 1 rings (SSSR count). The second-order valence-electron chi connectivity index (χ2n) is 1.75. The smallest absolute Gasteiger partial charge is 0.212 e. The molecular formula is C6H4Cl2N2O. The number of anilines is 1. The molecule has 0 unspecified atom stereocenters. The van der Waals surface area contributed by atoms with E-state index in [1.54, 1.807) is 0 Å². The van der Waals surface area contributed by atoms with Crippen molar-refractivity contribution in [3.8, 4) is 0 Å². The molecule has 0 aliphatic rings. The van der Waals surface area contributed by atoms with Gasteiger partial charge < -0.3 is 5.32 Å². The topological polar surface area (TPSA) is 42.0 Å². The lowest BCUT2D eigenvalue weighted by Gasteiger charge is -1.99. The maximum atomic E-state index is 9.97. The van der Waals surface area contributed by atoms with Crippen LogP contribution < -0.4 is 5.32 Å². The Hall–Kier alpha value is -0.800. The number of nitrogens with one attached hydrogen (secondary N) is 1. The first-order valence-corrected chi connectivity index (χ1v) is 3.51. The molecule has 0 spiro atoms. The lowest BCUT2D eigenvalue weighted by Crippen LogP contribution is -1.96. The van der Waals surface area contributed by atoms with Gasteiger partial charge in [-0.15, -0.1) is 0 Å². The highest BCUT2D eigenvalue weighted by Crippen LogP contribution is 2.21. The number of halogens is 2. The minimum absolute atomic E-state index is 0.311. The molecule has 0 saturated heterocycles. The lowest BCUT2D eigenvalue weighted by molar-refractivity contribution is -0.105. The van der Waals surface area contributed by atoms with Crippen molar-refractivity contribution in [3.05, 3.63) is 22.3 Å². The molecule has 0 radical (unpaired) electrons. The maximum Gasteiger partial charge on any atom is 0.212 e. The maximum absolute atomic E-state index is 9.97. The van der Waals surface area contributed by atoms with Crippen LogP contribution in [0.4, 0.5) is 5.82 Å². The van der Waals surface area contributed by atoms with Crippen LogP contribution in [0, 0.1) is 0 Å². The fraction of sp³-hybridized carbons (Fsp3) is 0. The number of carbonyl (C=O) groups is 1. The summed E-state index contributed by atoms with van der Waals surface area (Å²) in [6.07, 6.45) is 1.90. The molecule has 1 amide bonds. The molecule has 0 fully saturated rings. The van der Waals surface area contributed by atoms with Crippen LogP contribution in [0.25, 0.3) is 0 Å². The number of hydrogen-bond donors (Lipinski definition) is 1. The highest BCUT2D eigenvalue weighted by Gasteiger charge is 1.99. The second-order valence-corrected chi connectivity index (χ2v) is 2.59. The summed E-state index contributed by atoms with van der Waals surface area (Å²) in [7, 11) is 0. The van der Waals surface area contributed by atoms with Gasteiger partial charge in [-0.3, -0.25) is 4.79 Å². The van der Waals surface area contributed by atoms with Gasteiger partial charge in [0.2, 0.25) is 6.41 Å². The van der Waals surface area contributed by atoms with E-state index in [2.05, 4.69) is 10.3 Å². The van der Waals surface area contributed by atoms with Gasteiger partial charge in [0.1, 0.15) is 0 Å². The Labute approximate surface area is 73.3 Å². The van der Waals surface area contributed by atoms with Crippen LogP contribution in [0.15, 0.2) is 12.3 Å². The average Bonchev–Trinajstić information content (AvgIpc) is 1.95. The summed E-state index contributed by atoms with van der Waals surface area (Å²) >= 11 is 11.2. The lowest BCUT2D eigenvalue weighted by atomic mass is 10.4. The van der Waals surface area contributed by atoms with Crippen LogP contribution in [-0.2, 0) is 4.79 Å². The van der Waals surface area contributed by atoms with E-state index in [4.69, 9.17) is 23.2 Å². The first kappa shape index (κ1) is 8.30. The van der Waals surface area contributed by atoms with Gasteiger partial charge in [0.05, 0.1) is 10.0 Å².